The minimum atomic E-state index is -4.53. The molecule has 1 saturated carbocycles. The average Bonchev–Trinajstić information content (AvgIpc) is 3.30. The Bertz CT molecular complexity index is 614. The minimum absolute atomic E-state index is 0.0958. The number of aromatic nitrogens is 2. The van der Waals surface area contributed by atoms with Gasteiger partial charge in [-0.25, -0.2) is 0 Å². The van der Waals surface area contributed by atoms with E-state index in [1.54, 1.807) is 0 Å². The average molecular weight is 412 g/mol. The standard InChI is InChI=1S/C16H25ClF3N5S/c1-24(2)9-3-7-21-15(26)22-8-4-10-25-13(11-5-6-11)12(17)14(23-25)16(18,19)20/h11H,3-10H2,1-2H3,(H2,21,22,26). The number of halogens is 4. The minimum Gasteiger partial charge on any atom is -0.363 e. The molecule has 26 heavy (non-hydrogen) atoms. The highest BCUT2D eigenvalue weighted by molar-refractivity contribution is 7.80. The Morgan fingerprint density at radius 2 is 1.88 bits per heavy atom. The van der Waals surface area contributed by atoms with Crippen molar-refractivity contribution in [2.45, 2.75) is 44.3 Å². The van der Waals surface area contributed by atoms with Crippen LogP contribution in [-0.2, 0) is 12.7 Å². The lowest BCUT2D eigenvalue weighted by Crippen LogP contribution is -2.37. The fraction of sp³-hybridized carbons (Fsp3) is 0.750. The number of hydrogen-bond donors (Lipinski definition) is 2. The third kappa shape index (κ3) is 6.28. The molecule has 0 unspecified atom stereocenters. The van der Waals surface area contributed by atoms with Gasteiger partial charge in [0.15, 0.2) is 10.8 Å². The van der Waals surface area contributed by atoms with Crippen molar-refractivity contribution in [2.75, 3.05) is 33.7 Å². The van der Waals surface area contributed by atoms with E-state index in [9.17, 15) is 13.2 Å². The van der Waals surface area contributed by atoms with Gasteiger partial charge in [-0.05, 0) is 58.5 Å². The van der Waals surface area contributed by atoms with Crippen LogP contribution in [0.3, 0.4) is 0 Å². The van der Waals surface area contributed by atoms with Gasteiger partial charge in [-0.1, -0.05) is 11.6 Å². The SMILES string of the molecule is CN(C)CCCNC(=S)NCCCn1nc(C(F)(F)F)c(Cl)c1C1CC1. The molecule has 0 saturated heterocycles. The highest BCUT2D eigenvalue weighted by Crippen LogP contribution is 2.46. The molecule has 0 spiro atoms. The summed E-state index contributed by atoms with van der Waals surface area (Å²) in [6, 6.07) is 0. The third-order valence-electron chi connectivity index (χ3n) is 4.06. The van der Waals surface area contributed by atoms with Gasteiger partial charge < -0.3 is 15.5 Å². The lowest BCUT2D eigenvalue weighted by atomic mass is 10.2. The maximum atomic E-state index is 13.0. The quantitative estimate of drug-likeness (QED) is 0.482. The topological polar surface area (TPSA) is 45.1 Å². The van der Waals surface area contributed by atoms with Gasteiger partial charge in [0, 0.05) is 25.6 Å². The van der Waals surface area contributed by atoms with Gasteiger partial charge >= 0.3 is 6.18 Å². The highest BCUT2D eigenvalue weighted by Gasteiger charge is 2.41. The summed E-state index contributed by atoms with van der Waals surface area (Å²) in [5, 5.41) is 10.2. The zero-order valence-corrected chi connectivity index (χ0v) is 16.6. The molecular formula is C16H25ClF3N5S. The van der Waals surface area contributed by atoms with E-state index in [4.69, 9.17) is 23.8 Å². The van der Waals surface area contributed by atoms with Gasteiger partial charge in [0.05, 0.1) is 10.7 Å². The molecule has 2 N–H and O–H groups in total. The Hall–Kier alpha value is -1.06. The van der Waals surface area contributed by atoms with Crippen LogP contribution in [0, 0.1) is 0 Å². The Balaban J connectivity index is 1.78. The summed E-state index contributed by atoms with van der Waals surface area (Å²) in [7, 11) is 4.02. The van der Waals surface area contributed by atoms with Crippen molar-refractivity contribution in [1.82, 2.24) is 25.3 Å². The molecule has 10 heteroatoms. The molecule has 1 heterocycles. The van der Waals surface area contributed by atoms with Crippen molar-refractivity contribution in [1.29, 1.82) is 0 Å². The van der Waals surface area contributed by atoms with Gasteiger partial charge in [0.2, 0.25) is 0 Å². The van der Waals surface area contributed by atoms with E-state index >= 15 is 0 Å². The van der Waals surface area contributed by atoms with E-state index in [-0.39, 0.29) is 10.9 Å². The number of alkyl halides is 3. The summed E-state index contributed by atoms with van der Waals surface area (Å²) in [4.78, 5) is 2.10. The normalized spacial score (nSPS) is 14.7. The van der Waals surface area contributed by atoms with Gasteiger partial charge in [-0.3, -0.25) is 4.68 Å². The lowest BCUT2D eigenvalue weighted by Gasteiger charge is -2.13. The molecular weight excluding hydrogens is 387 g/mol. The third-order valence-corrected chi connectivity index (χ3v) is 4.73. The first-order chi connectivity index (χ1) is 12.2. The van der Waals surface area contributed by atoms with E-state index in [0.29, 0.717) is 30.3 Å². The van der Waals surface area contributed by atoms with Crippen LogP contribution in [0.15, 0.2) is 0 Å². The van der Waals surface area contributed by atoms with Crippen LogP contribution in [0.4, 0.5) is 13.2 Å². The monoisotopic (exact) mass is 411 g/mol. The molecule has 0 aromatic carbocycles. The Morgan fingerprint density at radius 3 is 2.42 bits per heavy atom. The Kier molecular flexibility index (Phi) is 7.54. The molecule has 1 aliphatic rings. The van der Waals surface area contributed by atoms with Crippen LogP contribution in [-0.4, -0.2) is 53.5 Å². The molecule has 0 radical (unpaired) electrons. The van der Waals surface area contributed by atoms with Crippen LogP contribution in [0.2, 0.25) is 5.02 Å². The number of rotatable bonds is 9. The van der Waals surface area contributed by atoms with Crippen molar-refractivity contribution >= 4 is 28.9 Å². The molecule has 1 aromatic heterocycles. The van der Waals surface area contributed by atoms with E-state index in [1.165, 1.54) is 4.68 Å². The predicted octanol–water partition coefficient (Wildman–Crippen LogP) is 3.24. The van der Waals surface area contributed by atoms with E-state index in [0.717, 1.165) is 32.4 Å². The van der Waals surface area contributed by atoms with E-state index in [2.05, 4.69) is 20.6 Å². The second-order valence-electron chi connectivity index (χ2n) is 6.74. The summed E-state index contributed by atoms with van der Waals surface area (Å²) < 4.78 is 40.5. The molecule has 0 atom stereocenters. The summed E-state index contributed by atoms with van der Waals surface area (Å²) in [6.07, 6.45) is -1.22. The molecule has 0 amide bonds. The van der Waals surface area contributed by atoms with Crippen LogP contribution in [0.1, 0.15) is 43.0 Å². The Labute approximate surface area is 162 Å². The summed E-state index contributed by atoms with van der Waals surface area (Å²) in [5.74, 6) is 0.0958. The van der Waals surface area contributed by atoms with Crippen molar-refractivity contribution in [2.24, 2.45) is 0 Å². The first-order valence-corrected chi connectivity index (χ1v) is 9.48. The molecule has 2 rings (SSSR count). The van der Waals surface area contributed by atoms with E-state index in [1.807, 2.05) is 14.1 Å². The van der Waals surface area contributed by atoms with Crippen LogP contribution in [0.25, 0.3) is 0 Å². The largest absolute Gasteiger partial charge is 0.436 e. The van der Waals surface area contributed by atoms with Gasteiger partial charge in [-0.15, -0.1) is 0 Å². The van der Waals surface area contributed by atoms with Crippen molar-refractivity contribution in [3.05, 3.63) is 16.4 Å². The van der Waals surface area contributed by atoms with Gasteiger partial charge in [0.25, 0.3) is 0 Å². The number of aryl methyl sites for hydroxylation is 1. The molecule has 1 aromatic rings. The maximum absolute atomic E-state index is 13.0. The smallest absolute Gasteiger partial charge is 0.363 e. The molecule has 1 aliphatic carbocycles. The summed E-state index contributed by atoms with van der Waals surface area (Å²) in [6.45, 7) is 2.68. The van der Waals surface area contributed by atoms with E-state index < -0.39 is 11.9 Å². The van der Waals surface area contributed by atoms with Crippen molar-refractivity contribution in [3.63, 3.8) is 0 Å². The fourth-order valence-corrected chi connectivity index (χ4v) is 3.24. The molecule has 5 nitrogen and oxygen atoms in total. The zero-order chi connectivity index (χ0) is 19.3. The maximum Gasteiger partial charge on any atom is 0.436 e. The second kappa shape index (κ2) is 9.23. The summed E-state index contributed by atoms with van der Waals surface area (Å²) >= 11 is 11.1. The summed E-state index contributed by atoms with van der Waals surface area (Å²) in [5.41, 5.74) is -0.463. The van der Waals surface area contributed by atoms with Crippen LogP contribution >= 0.6 is 23.8 Å². The number of nitrogens with zero attached hydrogens (tertiary/aromatic N) is 3. The van der Waals surface area contributed by atoms with Gasteiger partial charge in [-0.2, -0.15) is 18.3 Å². The van der Waals surface area contributed by atoms with Crippen molar-refractivity contribution in [3.8, 4) is 0 Å². The van der Waals surface area contributed by atoms with Crippen molar-refractivity contribution < 1.29 is 13.2 Å². The molecule has 0 bridgehead atoms. The number of nitrogens with one attached hydrogen (secondary N) is 2. The molecule has 0 aliphatic heterocycles. The second-order valence-corrected chi connectivity index (χ2v) is 7.52. The predicted molar refractivity (Wildman–Crippen MR) is 101 cm³/mol. The first kappa shape index (κ1) is 21.2. The lowest BCUT2D eigenvalue weighted by molar-refractivity contribution is -0.141. The number of thiocarbonyl (C=S) groups is 1. The Morgan fingerprint density at radius 1 is 1.27 bits per heavy atom. The molecule has 1 fully saturated rings. The highest BCUT2D eigenvalue weighted by atomic mass is 35.5. The van der Waals surface area contributed by atoms with Gasteiger partial charge in [0.1, 0.15) is 0 Å². The first-order valence-electron chi connectivity index (χ1n) is 8.70. The zero-order valence-electron chi connectivity index (χ0n) is 15.0. The number of hydrogen-bond acceptors (Lipinski definition) is 3. The molecule has 148 valence electrons. The fourth-order valence-electron chi connectivity index (χ4n) is 2.64. The van der Waals surface area contributed by atoms with Crippen LogP contribution in [0.5, 0.6) is 0 Å². The van der Waals surface area contributed by atoms with Crippen LogP contribution < -0.4 is 10.6 Å².